The van der Waals surface area contributed by atoms with Gasteiger partial charge in [0.1, 0.15) is 0 Å². The molecular formula is C12H16N2O. The van der Waals surface area contributed by atoms with Crippen LogP contribution in [0.15, 0.2) is 18.2 Å². The molecule has 2 aliphatic rings. The Morgan fingerprint density at radius 2 is 2.27 bits per heavy atom. The van der Waals surface area contributed by atoms with Crippen LogP contribution in [-0.4, -0.2) is 26.3 Å². The topological polar surface area (TPSA) is 38.5 Å². The molecule has 2 aliphatic heterocycles. The van der Waals surface area contributed by atoms with Crippen LogP contribution in [-0.2, 0) is 11.2 Å². The first-order valence-corrected chi connectivity index (χ1v) is 5.54. The van der Waals surface area contributed by atoms with E-state index in [4.69, 9.17) is 10.5 Å². The Kier molecular flexibility index (Phi) is 2.06. The third kappa shape index (κ3) is 1.57. The maximum atomic E-state index is 5.82. The molecule has 3 heteroatoms. The minimum atomic E-state index is 0.720. The summed E-state index contributed by atoms with van der Waals surface area (Å²) in [5, 5.41) is 0. The lowest BCUT2D eigenvalue weighted by Crippen LogP contribution is -2.38. The Bertz CT molecular complexity index is 374. The number of ether oxygens (including phenoxy) is 1. The largest absolute Gasteiger partial charge is 0.399 e. The van der Waals surface area contributed by atoms with E-state index in [1.807, 2.05) is 6.07 Å². The molecule has 80 valence electrons. The minimum Gasteiger partial charge on any atom is -0.399 e. The fourth-order valence-corrected chi connectivity index (χ4v) is 2.35. The summed E-state index contributed by atoms with van der Waals surface area (Å²) in [6.45, 7) is 4.11. The van der Waals surface area contributed by atoms with Crippen molar-refractivity contribution in [2.24, 2.45) is 5.92 Å². The van der Waals surface area contributed by atoms with Gasteiger partial charge < -0.3 is 15.4 Å². The van der Waals surface area contributed by atoms with E-state index in [1.165, 1.54) is 11.3 Å². The molecule has 0 aliphatic carbocycles. The minimum absolute atomic E-state index is 0.720. The number of hydrogen-bond acceptors (Lipinski definition) is 3. The van der Waals surface area contributed by atoms with Crippen LogP contribution in [0.25, 0.3) is 0 Å². The van der Waals surface area contributed by atoms with Gasteiger partial charge in [0.25, 0.3) is 0 Å². The number of benzene rings is 1. The molecule has 0 unspecified atom stereocenters. The number of rotatable bonds is 2. The molecule has 2 heterocycles. The zero-order valence-electron chi connectivity index (χ0n) is 8.78. The van der Waals surface area contributed by atoms with Gasteiger partial charge in [-0.2, -0.15) is 0 Å². The van der Waals surface area contributed by atoms with Gasteiger partial charge in [0.05, 0.1) is 13.2 Å². The van der Waals surface area contributed by atoms with E-state index in [0.29, 0.717) is 0 Å². The maximum absolute atomic E-state index is 5.82. The fraction of sp³-hybridized carbons (Fsp3) is 0.500. The summed E-state index contributed by atoms with van der Waals surface area (Å²) in [6, 6.07) is 6.25. The summed E-state index contributed by atoms with van der Waals surface area (Å²) in [6.07, 6.45) is 1.16. The number of hydrogen-bond donors (Lipinski definition) is 1. The fourth-order valence-electron chi connectivity index (χ4n) is 2.35. The Labute approximate surface area is 89.8 Å². The third-order valence-corrected chi connectivity index (χ3v) is 3.29. The maximum Gasteiger partial charge on any atom is 0.0533 e. The zero-order valence-corrected chi connectivity index (χ0v) is 8.78. The number of nitrogens with two attached hydrogens (primary N) is 1. The van der Waals surface area contributed by atoms with Crippen molar-refractivity contribution in [3.63, 3.8) is 0 Å². The number of fused-ring (bicyclic) bond motifs is 1. The molecule has 0 aromatic heterocycles. The van der Waals surface area contributed by atoms with Crippen molar-refractivity contribution in [1.82, 2.24) is 0 Å². The van der Waals surface area contributed by atoms with E-state index in [1.54, 1.807) is 0 Å². The first kappa shape index (κ1) is 9.04. The molecule has 0 radical (unpaired) electrons. The van der Waals surface area contributed by atoms with Crippen LogP contribution < -0.4 is 10.6 Å². The van der Waals surface area contributed by atoms with Crippen molar-refractivity contribution in [1.29, 1.82) is 0 Å². The summed E-state index contributed by atoms with van der Waals surface area (Å²) < 4.78 is 5.21. The summed E-state index contributed by atoms with van der Waals surface area (Å²) >= 11 is 0. The highest BCUT2D eigenvalue weighted by Gasteiger charge is 2.25. The van der Waals surface area contributed by atoms with Crippen LogP contribution in [0.4, 0.5) is 11.4 Å². The highest BCUT2D eigenvalue weighted by Crippen LogP contribution is 2.31. The van der Waals surface area contributed by atoms with Crippen molar-refractivity contribution in [3.8, 4) is 0 Å². The molecule has 0 bridgehead atoms. The second kappa shape index (κ2) is 3.42. The average molecular weight is 204 g/mol. The molecule has 1 fully saturated rings. The van der Waals surface area contributed by atoms with Gasteiger partial charge in [-0.05, 0) is 24.1 Å². The Morgan fingerprint density at radius 3 is 3.00 bits per heavy atom. The summed E-state index contributed by atoms with van der Waals surface area (Å²) in [7, 11) is 0. The quantitative estimate of drug-likeness (QED) is 0.737. The number of nitrogen functional groups attached to an aromatic ring is 1. The highest BCUT2D eigenvalue weighted by atomic mass is 16.5. The van der Waals surface area contributed by atoms with Crippen LogP contribution in [0.1, 0.15) is 5.56 Å². The Hall–Kier alpha value is -1.22. The van der Waals surface area contributed by atoms with Gasteiger partial charge in [-0.1, -0.05) is 6.07 Å². The smallest absolute Gasteiger partial charge is 0.0533 e. The second-order valence-corrected chi connectivity index (χ2v) is 4.49. The molecule has 1 aromatic carbocycles. The first-order valence-electron chi connectivity index (χ1n) is 5.54. The third-order valence-electron chi connectivity index (χ3n) is 3.29. The van der Waals surface area contributed by atoms with Gasteiger partial charge in [0, 0.05) is 30.4 Å². The first-order chi connectivity index (χ1) is 7.33. The predicted octanol–water partition coefficient (Wildman–Crippen LogP) is 1.28. The van der Waals surface area contributed by atoms with E-state index >= 15 is 0 Å². The van der Waals surface area contributed by atoms with Gasteiger partial charge >= 0.3 is 0 Å². The van der Waals surface area contributed by atoms with Crippen molar-refractivity contribution in [2.75, 3.05) is 36.9 Å². The molecular weight excluding hydrogens is 188 g/mol. The monoisotopic (exact) mass is 204 g/mol. The summed E-state index contributed by atoms with van der Waals surface area (Å²) in [4.78, 5) is 2.44. The van der Waals surface area contributed by atoms with E-state index in [9.17, 15) is 0 Å². The van der Waals surface area contributed by atoms with Crippen molar-refractivity contribution >= 4 is 11.4 Å². The predicted molar refractivity (Wildman–Crippen MR) is 61.1 cm³/mol. The lowest BCUT2D eigenvalue weighted by molar-refractivity contribution is -0.0274. The number of anilines is 2. The van der Waals surface area contributed by atoms with Crippen LogP contribution in [0.3, 0.4) is 0 Å². The highest BCUT2D eigenvalue weighted by molar-refractivity contribution is 5.64. The lowest BCUT2D eigenvalue weighted by atomic mass is 10.1. The standard InChI is InChI=1S/C12H16N2O/c13-11-2-1-10-3-4-14(12(10)5-11)6-9-7-15-8-9/h1-2,5,9H,3-4,6-8,13H2. The molecule has 0 atom stereocenters. The average Bonchev–Trinajstić information content (AvgIpc) is 2.54. The zero-order chi connectivity index (χ0) is 10.3. The lowest BCUT2D eigenvalue weighted by Gasteiger charge is -2.31. The second-order valence-electron chi connectivity index (χ2n) is 4.49. The summed E-state index contributed by atoms with van der Waals surface area (Å²) in [5.41, 5.74) is 9.45. The Balaban J connectivity index is 1.80. The van der Waals surface area contributed by atoms with E-state index < -0.39 is 0 Å². The van der Waals surface area contributed by atoms with E-state index in [0.717, 1.165) is 44.3 Å². The van der Waals surface area contributed by atoms with Gasteiger partial charge in [-0.3, -0.25) is 0 Å². The van der Waals surface area contributed by atoms with Crippen LogP contribution in [0.5, 0.6) is 0 Å². The number of nitrogens with zero attached hydrogens (tertiary/aromatic N) is 1. The SMILES string of the molecule is Nc1ccc2c(c1)N(CC1COC1)CC2. The van der Waals surface area contributed by atoms with Crippen LogP contribution in [0, 0.1) is 5.92 Å². The van der Waals surface area contributed by atoms with Gasteiger partial charge in [0.15, 0.2) is 0 Å². The van der Waals surface area contributed by atoms with Gasteiger partial charge in [-0.15, -0.1) is 0 Å². The van der Waals surface area contributed by atoms with Crippen molar-refractivity contribution < 1.29 is 4.74 Å². The molecule has 15 heavy (non-hydrogen) atoms. The van der Waals surface area contributed by atoms with Crippen molar-refractivity contribution in [2.45, 2.75) is 6.42 Å². The van der Waals surface area contributed by atoms with E-state index in [2.05, 4.69) is 17.0 Å². The molecule has 0 saturated carbocycles. The Morgan fingerprint density at radius 1 is 1.40 bits per heavy atom. The molecule has 1 aromatic rings. The molecule has 1 saturated heterocycles. The summed E-state index contributed by atoms with van der Waals surface area (Å²) in [5.74, 6) is 0.720. The van der Waals surface area contributed by atoms with Gasteiger partial charge in [0.2, 0.25) is 0 Å². The molecule has 3 rings (SSSR count). The normalized spacial score (nSPS) is 20.1. The van der Waals surface area contributed by atoms with Crippen molar-refractivity contribution in [3.05, 3.63) is 23.8 Å². The molecule has 3 nitrogen and oxygen atoms in total. The molecule has 0 spiro atoms. The van der Waals surface area contributed by atoms with E-state index in [-0.39, 0.29) is 0 Å². The molecule has 0 amide bonds. The van der Waals surface area contributed by atoms with Crippen LogP contribution >= 0.6 is 0 Å². The molecule has 2 N–H and O–H groups in total. The van der Waals surface area contributed by atoms with Gasteiger partial charge in [-0.25, -0.2) is 0 Å². The van der Waals surface area contributed by atoms with Crippen LogP contribution in [0.2, 0.25) is 0 Å².